The molecule has 2 heterocycles. The van der Waals surface area contributed by atoms with Crippen molar-refractivity contribution < 1.29 is 23.5 Å². The molecule has 0 bridgehead atoms. The Hall–Kier alpha value is -4.60. The van der Waals surface area contributed by atoms with Crippen LogP contribution >= 0.6 is 0 Å². The quantitative estimate of drug-likeness (QED) is 0.139. The Labute approximate surface area is 263 Å². The van der Waals surface area contributed by atoms with Crippen LogP contribution in [-0.4, -0.2) is 40.0 Å². The second-order valence-corrected chi connectivity index (χ2v) is 12.3. The smallest absolute Gasteiger partial charge is 0.360 e. The van der Waals surface area contributed by atoms with E-state index in [4.69, 9.17) is 9.15 Å². The van der Waals surface area contributed by atoms with Gasteiger partial charge >= 0.3 is 12.0 Å². The third-order valence-electron chi connectivity index (χ3n) is 8.20. The maximum atomic E-state index is 13.8. The first kappa shape index (κ1) is 31.8. The number of nitrogens with zero attached hydrogens (tertiary/aromatic N) is 1. The number of aromatic nitrogens is 2. The molecule has 1 aliphatic carbocycles. The van der Waals surface area contributed by atoms with E-state index >= 15 is 0 Å². The van der Waals surface area contributed by atoms with Crippen molar-refractivity contribution >= 4 is 28.8 Å². The summed E-state index contributed by atoms with van der Waals surface area (Å²) < 4.78 is 11.5. The molecule has 2 aromatic carbocycles. The number of oxazole rings is 1. The lowest BCUT2D eigenvalue weighted by Crippen LogP contribution is -2.53. The molecule has 0 saturated heterocycles. The van der Waals surface area contributed by atoms with Crippen molar-refractivity contribution in [3.05, 3.63) is 89.3 Å². The van der Waals surface area contributed by atoms with Gasteiger partial charge in [0.05, 0.1) is 0 Å². The predicted molar refractivity (Wildman–Crippen MR) is 171 cm³/mol. The zero-order valence-electron chi connectivity index (χ0n) is 26.2. The van der Waals surface area contributed by atoms with Crippen LogP contribution < -0.4 is 16.0 Å². The van der Waals surface area contributed by atoms with Crippen molar-refractivity contribution in [1.82, 2.24) is 25.9 Å². The maximum Gasteiger partial charge on any atom is 0.360 e. The normalized spacial score (nSPS) is 15.0. The highest BCUT2D eigenvalue weighted by molar-refractivity contribution is 5.89. The molecule has 1 saturated carbocycles. The standard InChI is InChI=1S/C35H43N5O5/c1-22(2)18-29(39-35(43)37-26-14-8-5-9-15-26)32(41)38-30(19-25-20-36-28-17-11-10-16-27(25)28)33-40-31(23(3)45-33)34(42)44-21-24-12-6-4-7-13-24/h4,6-7,10-13,16-17,20,22,26,29-30,36H,5,8-9,14-15,18-19,21H2,1-3H3,(H,38,41)(H2,37,39,43)/t29-,30+/m0/s1. The van der Waals surface area contributed by atoms with Crippen molar-refractivity contribution in [3.8, 4) is 0 Å². The molecule has 45 heavy (non-hydrogen) atoms. The van der Waals surface area contributed by atoms with Crippen LogP contribution in [0.25, 0.3) is 10.9 Å². The lowest BCUT2D eigenvalue weighted by molar-refractivity contribution is -0.124. The lowest BCUT2D eigenvalue weighted by atomic mass is 9.96. The molecule has 0 aliphatic heterocycles. The summed E-state index contributed by atoms with van der Waals surface area (Å²) in [5.74, 6) is -0.325. The number of hydrogen-bond acceptors (Lipinski definition) is 6. The first-order chi connectivity index (χ1) is 21.8. The lowest BCUT2D eigenvalue weighted by Gasteiger charge is -2.26. The van der Waals surface area contributed by atoms with E-state index in [0.29, 0.717) is 18.6 Å². The van der Waals surface area contributed by atoms with Gasteiger partial charge in [-0.15, -0.1) is 0 Å². The van der Waals surface area contributed by atoms with Crippen LogP contribution in [0.3, 0.4) is 0 Å². The molecular formula is C35H43N5O5. The highest BCUT2D eigenvalue weighted by Crippen LogP contribution is 2.26. The second kappa shape index (κ2) is 14.9. The van der Waals surface area contributed by atoms with Crippen molar-refractivity contribution in [2.75, 3.05) is 0 Å². The molecule has 4 N–H and O–H groups in total. The third-order valence-corrected chi connectivity index (χ3v) is 8.20. The average molecular weight is 614 g/mol. The summed E-state index contributed by atoms with van der Waals surface area (Å²) in [5.41, 5.74) is 2.82. The number of aromatic amines is 1. The van der Waals surface area contributed by atoms with Gasteiger partial charge in [-0.1, -0.05) is 81.6 Å². The van der Waals surface area contributed by atoms with Gasteiger partial charge in [0.1, 0.15) is 24.5 Å². The molecule has 1 fully saturated rings. The Morgan fingerprint density at radius 3 is 2.49 bits per heavy atom. The number of aryl methyl sites for hydroxylation is 1. The molecule has 2 atom stereocenters. The number of esters is 1. The molecule has 4 aromatic rings. The van der Waals surface area contributed by atoms with E-state index < -0.39 is 18.1 Å². The number of ether oxygens (including phenoxy) is 1. The first-order valence-corrected chi connectivity index (χ1v) is 15.9. The fraction of sp³-hybridized carbons (Fsp3) is 0.429. The zero-order chi connectivity index (χ0) is 31.8. The zero-order valence-corrected chi connectivity index (χ0v) is 26.2. The number of carbonyl (C=O) groups excluding carboxylic acids is 3. The van der Waals surface area contributed by atoms with Crippen LogP contribution in [0.5, 0.6) is 0 Å². The predicted octanol–water partition coefficient (Wildman–Crippen LogP) is 6.27. The fourth-order valence-electron chi connectivity index (χ4n) is 5.87. The highest BCUT2D eigenvalue weighted by atomic mass is 16.5. The molecule has 10 nitrogen and oxygen atoms in total. The topological polar surface area (TPSA) is 138 Å². The third kappa shape index (κ3) is 8.53. The van der Waals surface area contributed by atoms with Gasteiger partial charge in [0.15, 0.2) is 5.69 Å². The van der Waals surface area contributed by atoms with Crippen molar-refractivity contribution in [3.63, 3.8) is 0 Å². The van der Waals surface area contributed by atoms with Crippen LogP contribution in [0.1, 0.15) is 91.7 Å². The van der Waals surface area contributed by atoms with Gasteiger partial charge in [-0.2, -0.15) is 0 Å². The minimum atomic E-state index is -0.773. The average Bonchev–Trinajstić information content (AvgIpc) is 3.63. The summed E-state index contributed by atoms with van der Waals surface area (Å²) in [6.07, 6.45) is 7.95. The van der Waals surface area contributed by atoms with E-state index in [9.17, 15) is 14.4 Å². The Morgan fingerprint density at radius 1 is 1.00 bits per heavy atom. The Kier molecular flexibility index (Phi) is 10.5. The molecular weight excluding hydrogens is 570 g/mol. The highest BCUT2D eigenvalue weighted by Gasteiger charge is 2.30. The molecule has 0 radical (unpaired) electrons. The number of rotatable bonds is 12. The molecule has 3 amide bonds. The van der Waals surface area contributed by atoms with Gasteiger partial charge in [0, 0.05) is 29.6 Å². The minimum Gasteiger partial charge on any atom is -0.456 e. The van der Waals surface area contributed by atoms with Gasteiger partial charge in [-0.3, -0.25) is 4.79 Å². The van der Waals surface area contributed by atoms with E-state index in [1.54, 1.807) is 6.92 Å². The van der Waals surface area contributed by atoms with Crippen LogP contribution in [0, 0.1) is 12.8 Å². The van der Waals surface area contributed by atoms with Gasteiger partial charge in [0.2, 0.25) is 11.8 Å². The summed E-state index contributed by atoms with van der Waals surface area (Å²) in [6.45, 7) is 5.77. The Morgan fingerprint density at radius 2 is 1.73 bits per heavy atom. The fourth-order valence-corrected chi connectivity index (χ4v) is 5.87. The molecule has 0 spiro atoms. The number of nitrogens with one attached hydrogen (secondary N) is 4. The molecule has 10 heteroatoms. The first-order valence-electron chi connectivity index (χ1n) is 15.9. The number of hydrogen-bond donors (Lipinski definition) is 4. The number of para-hydroxylation sites is 1. The number of fused-ring (bicyclic) bond motifs is 1. The summed E-state index contributed by atoms with van der Waals surface area (Å²) in [6, 6.07) is 15.6. The monoisotopic (exact) mass is 613 g/mol. The van der Waals surface area contributed by atoms with Crippen LogP contribution in [0.2, 0.25) is 0 Å². The molecule has 238 valence electrons. The summed E-state index contributed by atoms with van der Waals surface area (Å²) >= 11 is 0. The van der Waals surface area contributed by atoms with Gasteiger partial charge in [-0.05, 0) is 49.3 Å². The van der Waals surface area contributed by atoms with Gasteiger partial charge in [0.25, 0.3) is 0 Å². The van der Waals surface area contributed by atoms with Crippen molar-refractivity contribution in [2.24, 2.45) is 5.92 Å². The second-order valence-electron chi connectivity index (χ2n) is 12.3. The van der Waals surface area contributed by atoms with Crippen LogP contribution in [0.15, 0.2) is 65.2 Å². The molecule has 0 unspecified atom stereocenters. The molecule has 2 aromatic heterocycles. The van der Waals surface area contributed by atoms with E-state index in [2.05, 4.69) is 25.9 Å². The summed E-state index contributed by atoms with van der Waals surface area (Å²) in [7, 11) is 0. The van der Waals surface area contributed by atoms with Gasteiger partial charge < -0.3 is 30.1 Å². The number of amides is 3. The number of H-pyrrole nitrogens is 1. The Bertz CT molecular complexity index is 1590. The SMILES string of the molecule is Cc1oc([C@@H](Cc2c[nH]c3ccccc23)NC(=O)[C@H](CC(C)C)NC(=O)NC2CCCCC2)nc1C(=O)OCc1ccccc1. The van der Waals surface area contributed by atoms with E-state index in [-0.39, 0.29) is 42.1 Å². The number of benzene rings is 2. The maximum absolute atomic E-state index is 13.8. The van der Waals surface area contributed by atoms with Gasteiger partial charge in [-0.25, -0.2) is 14.6 Å². The van der Waals surface area contributed by atoms with Crippen molar-refractivity contribution in [1.29, 1.82) is 0 Å². The molecule has 5 rings (SSSR count). The largest absolute Gasteiger partial charge is 0.456 e. The van der Waals surface area contributed by atoms with Crippen molar-refractivity contribution in [2.45, 2.75) is 90.4 Å². The summed E-state index contributed by atoms with van der Waals surface area (Å²) in [4.78, 5) is 47.6. The number of carbonyl (C=O) groups is 3. The van der Waals surface area contributed by atoms with E-state index in [1.165, 1.54) is 6.42 Å². The Balaban J connectivity index is 1.36. The molecule has 1 aliphatic rings. The van der Waals surface area contributed by atoms with Crippen LogP contribution in [-0.2, 0) is 22.6 Å². The van der Waals surface area contributed by atoms with E-state index in [0.717, 1.165) is 47.7 Å². The summed E-state index contributed by atoms with van der Waals surface area (Å²) in [5, 5.41) is 10.1. The number of urea groups is 1. The van der Waals surface area contributed by atoms with Crippen LogP contribution in [0.4, 0.5) is 4.79 Å². The van der Waals surface area contributed by atoms with E-state index in [1.807, 2.05) is 74.6 Å². The minimum absolute atomic E-state index is 0.0582.